The van der Waals surface area contributed by atoms with Gasteiger partial charge in [0, 0.05) is 0 Å². The molecule has 0 N–H and O–H groups in total. The van der Waals surface area contributed by atoms with Gasteiger partial charge in [-0.25, -0.2) is 0 Å². The fourth-order valence-electron chi connectivity index (χ4n) is 0.555. The summed E-state index contributed by atoms with van der Waals surface area (Å²) in [7, 11) is -1.34. The topological polar surface area (TPSA) is 26.3 Å². The molecule has 1 rings (SSSR count). The van der Waals surface area contributed by atoms with Crippen molar-refractivity contribution in [2.45, 2.75) is 0 Å². The minimum atomic E-state index is -1.34. The van der Waals surface area contributed by atoms with E-state index in [9.17, 15) is 4.21 Å². The fraction of sp³-hybridized carbons (Fsp3) is 0. The summed E-state index contributed by atoms with van der Waals surface area (Å²) >= 11 is 2.34. The summed E-state index contributed by atoms with van der Waals surface area (Å²) in [5, 5.41) is 0. The van der Waals surface area contributed by atoms with Crippen molar-refractivity contribution in [2.75, 3.05) is 0 Å². The first-order chi connectivity index (χ1) is 4.79. The first kappa shape index (κ1) is 7.79. The summed E-state index contributed by atoms with van der Waals surface area (Å²) in [6, 6.07) is 9.00. The summed E-state index contributed by atoms with van der Waals surface area (Å²) in [4.78, 5) is 0. The van der Waals surface area contributed by atoms with Crippen LogP contribution in [0.25, 0.3) is 0 Å². The van der Waals surface area contributed by atoms with Gasteiger partial charge in [-0.3, -0.25) is 0 Å². The number of hydrogen-bond acceptors (Lipinski definition) is 3. The molecular weight excluding hydrogens is 215 g/mol. The molecule has 1 aromatic carbocycles. The van der Waals surface area contributed by atoms with Crippen molar-refractivity contribution in [1.29, 1.82) is 0 Å². The standard InChI is InChI=1S/C6H5O2SSe/c7-9(10)8-6-4-2-1-3-5-6/h1-5H/q-1. The van der Waals surface area contributed by atoms with Gasteiger partial charge in [-0.05, 0) is 0 Å². The second-order valence-electron chi connectivity index (χ2n) is 1.60. The molecule has 0 fully saturated rings. The monoisotopic (exact) mass is 221 g/mol. The second-order valence-corrected chi connectivity index (χ2v) is 3.89. The fourth-order valence-corrected chi connectivity index (χ4v) is 1.32. The van der Waals surface area contributed by atoms with Crippen molar-refractivity contribution in [2.24, 2.45) is 0 Å². The molecule has 0 atom stereocenters. The number of hydrogen-bond donors (Lipinski definition) is 0. The molecule has 0 spiro atoms. The van der Waals surface area contributed by atoms with Gasteiger partial charge in [0.1, 0.15) is 0 Å². The average molecular weight is 220 g/mol. The Morgan fingerprint density at radius 1 is 1.30 bits per heavy atom. The molecule has 0 saturated carbocycles. The SMILES string of the molecule is O=[S-](=[Se])Oc1ccccc1. The van der Waals surface area contributed by atoms with Crippen molar-refractivity contribution in [3.05, 3.63) is 30.3 Å². The van der Waals surface area contributed by atoms with E-state index in [1.54, 1.807) is 12.1 Å². The molecule has 0 aliphatic rings. The van der Waals surface area contributed by atoms with E-state index >= 15 is 0 Å². The van der Waals surface area contributed by atoms with Crippen LogP contribution >= 0.6 is 0 Å². The van der Waals surface area contributed by atoms with Gasteiger partial charge in [0.2, 0.25) is 0 Å². The van der Waals surface area contributed by atoms with Gasteiger partial charge in [0.15, 0.2) is 0 Å². The normalized spacial score (nSPS) is 9.70. The molecule has 0 bridgehead atoms. The Kier molecular flexibility index (Phi) is 2.93. The predicted molar refractivity (Wildman–Crippen MR) is 40.9 cm³/mol. The zero-order valence-electron chi connectivity index (χ0n) is 5.02. The van der Waals surface area contributed by atoms with Crippen LogP contribution < -0.4 is 4.18 Å². The van der Waals surface area contributed by atoms with Crippen LogP contribution in [0.4, 0.5) is 0 Å². The first-order valence-corrected chi connectivity index (χ1v) is 5.71. The van der Waals surface area contributed by atoms with E-state index in [-0.39, 0.29) is 0 Å². The van der Waals surface area contributed by atoms with Gasteiger partial charge in [-0.2, -0.15) is 0 Å². The Labute approximate surface area is 68.1 Å². The molecule has 10 heavy (non-hydrogen) atoms. The zero-order chi connectivity index (χ0) is 7.40. The third-order valence-electron chi connectivity index (χ3n) is 0.907. The van der Waals surface area contributed by atoms with E-state index in [4.69, 9.17) is 4.18 Å². The Bertz CT molecular complexity index is 260. The van der Waals surface area contributed by atoms with Gasteiger partial charge < -0.3 is 0 Å². The van der Waals surface area contributed by atoms with Crippen molar-refractivity contribution in [3.63, 3.8) is 0 Å². The van der Waals surface area contributed by atoms with Crippen LogP contribution in [0.15, 0.2) is 30.3 Å². The van der Waals surface area contributed by atoms with Gasteiger partial charge in [-0.15, -0.1) is 0 Å². The van der Waals surface area contributed by atoms with Crippen molar-refractivity contribution in [3.8, 4) is 5.75 Å². The number of para-hydroxylation sites is 1. The molecule has 0 radical (unpaired) electrons. The van der Waals surface area contributed by atoms with Crippen LogP contribution in [0, 0.1) is 0 Å². The van der Waals surface area contributed by atoms with E-state index in [0.717, 1.165) is 0 Å². The molecule has 0 aliphatic carbocycles. The van der Waals surface area contributed by atoms with Crippen molar-refractivity contribution >= 4 is 23.4 Å². The summed E-state index contributed by atoms with van der Waals surface area (Å²) in [6.45, 7) is 0. The van der Waals surface area contributed by atoms with Crippen LogP contribution in [0.3, 0.4) is 0 Å². The maximum atomic E-state index is 10.4. The average Bonchev–Trinajstić information content (AvgIpc) is 1.88. The molecule has 0 aliphatic heterocycles. The number of rotatable bonds is 2. The molecule has 1 aromatic rings. The second kappa shape index (κ2) is 3.76. The third kappa shape index (κ3) is 2.52. The molecule has 4 heteroatoms. The predicted octanol–water partition coefficient (Wildman–Crippen LogP) is 1.03. The van der Waals surface area contributed by atoms with Gasteiger partial charge in [-0.1, -0.05) is 0 Å². The molecule has 0 aromatic heterocycles. The van der Waals surface area contributed by atoms with Crippen LogP contribution in [-0.2, 0) is 13.2 Å². The quantitative estimate of drug-likeness (QED) is 0.549. The van der Waals surface area contributed by atoms with Crippen LogP contribution in [0.1, 0.15) is 0 Å². The van der Waals surface area contributed by atoms with E-state index in [2.05, 4.69) is 14.4 Å². The third-order valence-corrected chi connectivity index (χ3v) is 1.66. The van der Waals surface area contributed by atoms with Crippen molar-refractivity contribution in [1.82, 2.24) is 0 Å². The summed E-state index contributed by atoms with van der Waals surface area (Å²) in [6.07, 6.45) is 0. The Balaban J connectivity index is 2.77. The minimum absolute atomic E-state index is 0.611. The summed E-state index contributed by atoms with van der Waals surface area (Å²) in [5.74, 6) is 0.611. The van der Waals surface area contributed by atoms with Gasteiger partial charge in [0.25, 0.3) is 0 Å². The van der Waals surface area contributed by atoms with Crippen LogP contribution in [-0.4, -0.2) is 14.4 Å². The van der Waals surface area contributed by atoms with E-state index in [1.807, 2.05) is 18.2 Å². The van der Waals surface area contributed by atoms with Crippen molar-refractivity contribution < 1.29 is 8.39 Å². The Hall–Kier alpha value is -0.311. The molecule has 0 unspecified atom stereocenters. The number of benzene rings is 1. The molecule has 2 nitrogen and oxygen atoms in total. The Morgan fingerprint density at radius 2 is 1.90 bits per heavy atom. The Morgan fingerprint density at radius 3 is 2.40 bits per heavy atom. The molecule has 0 heterocycles. The van der Waals surface area contributed by atoms with E-state index < -0.39 is 9.00 Å². The maximum absolute atomic E-state index is 10.4. The van der Waals surface area contributed by atoms with Gasteiger partial charge >= 0.3 is 67.9 Å². The molecule has 0 amide bonds. The van der Waals surface area contributed by atoms with Gasteiger partial charge in [0.05, 0.1) is 0 Å². The van der Waals surface area contributed by atoms with Crippen LogP contribution in [0.5, 0.6) is 5.75 Å². The molecule has 54 valence electrons. The summed E-state index contributed by atoms with van der Waals surface area (Å²) < 4.78 is 15.3. The first-order valence-electron chi connectivity index (χ1n) is 2.61. The summed E-state index contributed by atoms with van der Waals surface area (Å²) in [5.41, 5.74) is 0. The zero-order valence-corrected chi connectivity index (χ0v) is 7.55. The molecule has 0 saturated heterocycles. The molecular formula is C6H5O2SSe-. The van der Waals surface area contributed by atoms with E-state index in [0.29, 0.717) is 5.75 Å². The van der Waals surface area contributed by atoms with E-state index in [1.165, 1.54) is 0 Å². The van der Waals surface area contributed by atoms with Crippen LogP contribution in [0.2, 0.25) is 0 Å².